The molecule has 1 rings (SSSR count). The first-order valence-electron chi connectivity index (χ1n) is 4.50. The van der Waals surface area contributed by atoms with Crippen molar-refractivity contribution in [3.8, 4) is 0 Å². The lowest BCUT2D eigenvalue weighted by molar-refractivity contribution is -0.159. The van der Waals surface area contributed by atoms with Crippen molar-refractivity contribution < 1.29 is 19.8 Å². The Balaban J connectivity index is 0.000000325. The van der Waals surface area contributed by atoms with Gasteiger partial charge in [0.25, 0.3) is 0 Å². The highest BCUT2D eigenvalue weighted by atomic mass is 16.4. The van der Waals surface area contributed by atoms with Crippen LogP contribution in [0.1, 0.15) is 29.9 Å². The van der Waals surface area contributed by atoms with E-state index in [1.54, 1.807) is 0 Å². The SMILES string of the molecule is Cc1n[nH]c(C)c1C(C)N.O=C(O)C(=O)O. The third kappa shape index (κ3) is 4.09. The number of aryl methyl sites for hydroxylation is 2. The quantitative estimate of drug-likeness (QED) is 0.509. The third-order valence-corrected chi connectivity index (χ3v) is 1.82. The Morgan fingerprint density at radius 1 is 1.31 bits per heavy atom. The predicted molar refractivity (Wildman–Crippen MR) is 55.9 cm³/mol. The number of hydrogen-bond acceptors (Lipinski definition) is 4. The molecule has 0 spiro atoms. The molecule has 0 amide bonds. The number of aromatic nitrogens is 2. The van der Waals surface area contributed by atoms with Crippen LogP contribution in [-0.4, -0.2) is 32.3 Å². The molecule has 0 aromatic carbocycles. The molecule has 0 aliphatic rings. The van der Waals surface area contributed by atoms with E-state index in [2.05, 4.69) is 10.2 Å². The van der Waals surface area contributed by atoms with Crippen LogP contribution in [0.3, 0.4) is 0 Å². The van der Waals surface area contributed by atoms with Crippen LogP contribution < -0.4 is 5.73 Å². The Morgan fingerprint density at radius 2 is 1.75 bits per heavy atom. The molecule has 7 heteroatoms. The number of carboxylic acid groups (broad SMARTS) is 2. The van der Waals surface area contributed by atoms with Crippen molar-refractivity contribution in [2.75, 3.05) is 0 Å². The summed E-state index contributed by atoms with van der Waals surface area (Å²) in [4.78, 5) is 18.2. The molecule has 0 saturated carbocycles. The normalized spacial score (nSPS) is 11.2. The maximum Gasteiger partial charge on any atom is 0.414 e. The fraction of sp³-hybridized carbons (Fsp3) is 0.444. The molecule has 5 N–H and O–H groups in total. The van der Waals surface area contributed by atoms with E-state index in [0.29, 0.717) is 0 Å². The molecule has 0 fully saturated rings. The molecule has 16 heavy (non-hydrogen) atoms. The molecule has 7 nitrogen and oxygen atoms in total. The number of nitrogens with one attached hydrogen (secondary N) is 1. The average Bonchev–Trinajstić information content (AvgIpc) is 2.46. The van der Waals surface area contributed by atoms with E-state index >= 15 is 0 Å². The number of aromatic amines is 1. The van der Waals surface area contributed by atoms with Crippen molar-refractivity contribution in [2.24, 2.45) is 5.73 Å². The van der Waals surface area contributed by atoms with E-state index in [9.17, 15) is 0 Å². The number of nitrogens with two attached hydrogens (primary N) is 1. The Bertz CT molecular complexity index is 353. The fourth-order valence-corrected chi connectivity index (χ4v) is 1.23. The van der Waals surface area contributed by atoms with Crippen LogP contribution in [0.25, 0.3) is 0 Å². The zero-order valence-electron chi connectivity index (χ0n) is 9.31. The summed E-state index contributed by atoms with van der Waals surface area (Å²) in [5.74, 6) is -3.65. The molecular weight excluding hydrogens is 214 g/mol. The van der Waals surface area contributed by atoms with Crippen molar-refractivity contribution >= 4 is 11.9 Å². The zero-order chi connectivity index (χ0) is 12.9. The summed E-state index contributed by atoms with van der Waals surface area (Å²) >= 11 is 0. The van der Waals surface area contributed by atoms with E-state index in [1.807, 2.05) is 20.8 Å². The van der Waals surface area contributed by atoms with E-state index in [4.69, 9.17) is 25.5 Å². The van der Waals surface area contributed by atoms with Crippen molar-refractivity contribution in [1.29, 1.82) is 0 Å². The zero-order valence-corrected chi connectivity index (χ0v) is 9.31. The van der Waals surface area contributed by atoms with Gasteiger partial charge in [0.1, 0.15) is 0 Å². The number of rotatable bonds is 1. The number of carbonyl (C=O) groups is 2. The Morgan fingerprint density at radius 3 is 1.88 bits per heavy atom. The predicted octanol–water partition coefficient (Wildman–Crippen LogP) is 0.202. The second-order valence-corrected chi connectivity index (χ2v) is 3.25. The minimum absolute atomic E-state index is 0.0822. The first-order chi connectivity index (χ1) is 7.27. The molecular formula is C9H15N3O4. The highest BCUT2D eigenvalue weighted by Gasteiger charge is 2.08. The first-order valence-corrected chi connectivity index (χ1v) is 4.50. The van der Waals surface area contributed by atoms with Gasteiger partial charge in [0.05, 0.1) is 5.69 Å². The van der Waals surface area contributed by atoms with Crippen LogP contribution >= 0.6 is 0 Å². The summed E-state index contributed by atoms with van der Waals surface area (Å²) in [6.07, 6.45) is 0. The molecule has 90 valence electrons. The van der Waals surface area contributed by atoms with Crippen molar-refractivity contribution in [3.05, 3.63) is 17.0 Å². The lowest BCUT2D eigenvalue weighted by atomic mass is 10.1. The van der Waals surface area contributed by atoms with Gasteiger partial charge >= 0.3 is 11.9 Å². The maximum atomic E-state index is 9.10. The smallest absolute Gasteiger partial charge is 0.414 e. The van der Waals surface area contributed by atoms with Gasteiger partial charge in [0.2, 0.25) is 0 Å². The van der Waals surface area contributed by atoms with Crippen molar-refractivity contribution in [3.63, 3.8) is 0 Å². The van der Waals surface area contributed by atoms with Crippen molar-refractivity contribution in [1.82, 2.24) is 10.2 Å². The van der Waals surface area contributed by atoms with Crippen LogP contribution in [0, 0.1) is 13.8 Å². The largest absolute Gasteiger partial charge is 0.473 e. The number of aliphatic carboxylic acids is 2. The Kier molecular flexibility index (Phi) is 5.17. The van der Waals surface area contributed by atoms with Gasteiger partial charge in [-0.05, 0) is 20.8 Å². The van der Waals surface area contributed by atoms with E-state index in [-0.39, 0.29) is 6.04 Å². The molecule has 1 unspecified atom stereocenters. The van der Waals surface area contributed by atoms with E-state index in [1.165, 1.54) is 0 Å². The third-order valence-electron chi connectivity index (χ3n) is 1.82. The Hall–Kier alpha value is -1.89. The van der Waals surface area contributed by atoms with Crippen LogP contribution in [0.15, 0.2) is 0 Å². The van der Waals surface area contributed by atoms with Crippen LogP contribution in [0.5, 0.6) is 0 Å². The highest BCUT2D eigenvalue weighted by Crippen LogP contribution is 2.15. The van der Waals surface area contributed by atoms with Gasteiger partial charge in [0, 0.05) is 17.3 Å². The Labute approximate surface area is 92.3 Å². The number of nitrogens with zero attached hydrogens (tertiary/aromatic N) is 1. The molecule has 0 saturated heterocycles. The molecule has 1 aromatic rings. The van der Waals surface area contributed by atoms with Crippen LogP contribution in [0.4, 0.5) is 0 Å². The lowest BCUT2D eigenvalue weighted by Crippen LogP contribution is -2.09. The van der Waals surface area contributed by atoms with E-state index < -0.39 is 11.9 Å². The molecule has 0 radical (unpaired) electrons. The molecule has 0 bridgehead atoms. The second-order valence-electron chi connectivity index (χ2n) is 3.25. The van der Waals surface area contributed by atoms with Crippen molar-refractivity contribution in [2.45, 2.75) is 26.8 Å². The summed E-state index contributed by atoms with van der Waals surface area (Å²) < 4.78 is 0. The molecule has 1 aromatic heterocycles. The van der Waals surface area contributed by atoms with Gasteiger partial charge in [-0.15, -0.1) is 0 Å². The molecule has 1 atom stereocenters. The summed E-state index contributed by atoms with van der Waals surface area (Å²) in [5.41, 5.74) is 8.92. The topological polar surface area (TPSA) is 129 Å². The van der Waals surface area contributed by atoms with Crippen LogP contribution in [0.2, 0.25) is 0 Å². The molecule has 0 aliphatic heterocycles. The maximum absolute atomic E-state index is 9.10. The van der Waals surface area contributed by atoms with Crippen LogP contribution in [-0.2, 0) is 9.59 Å². The van der Waals surface area contributed by atoms with Gasteiger partial charge in [-0.25, -0.2) is 9.59 Å². The highest BCUT2D eigenvalue weighted by molar-refractivity contribution is 6.27. The van der Waals surface area contributed by atoms with E-state index in [0.717, 1.165) is 17.0 Å². The first kappa shape index (κ1) is 14.1. The molecule has 1 heterocycles. The monoisotopic (exact) mass is 229 g/mol. The average molecular weight is 229 g/mol. The van der Waals surface area contributed by atoms with Gasteiger partial charge in [-0.2, -0.15) is 5.10 Å². The van der Waals surface area contributed by atoms with Gasteiger partial charge < -0.3 is 15.9 Å². The number of H-pyrrole nitrogens is 1. The number of hydrogen-bond donors (Lipinski definition) is 4. The lowest BCUT2D eigenvalue weighted by Gasteiger charge is -2.03. The summed E-state index contributed by atoms with van der Waals surface area (Å²) in [7, 11) is 0. The van der Waals surface area contributed by atoms with Gasteiger partial charge in [0.15, 0.2) is 0 Å². The summed E-state index contributed by atoms with van der Waals surface area (Å²) in [6, 6.07) is 0.0822. The molecule has 0 aliphatic carbocycles. The van der Waals surface area contributed by atoms with Gasteiger partial charge in [-0.1, -0.05) is 0 Å². The van der Waals surface area contributed by atoms with Gasteiger partial charge in [-0.3, -0.25) is 5.10 Å². The fourth-order valence-electron chi connectivity index (χ4n) is 1.23. The number of carboxylic acids is 2. The minimum atomic E-state index is -1.82. The second kappa shape index (κ2) is 5.86. The summed E-state index contributed by atoms with van der Waals surface area (Å²) in [6.45, 7) is 5.91. The summed E-state index contributed by atoms with van der Waals surface area (Å²) in [5, 5.41) is 21.7. The standard InChI is InChI=1S/C7H13N3.C2H2O4/c1-4(8)7-5(2)9-10-6(7)3;3-1(4)2(5)6/h4H,8H2,1-3H3,(H,9,10);(H,3,4)(H,5,6). The minimum Gasteiger partial charge on any atom is -0.473 e.